The molecule has 1 fully saturated rings. The van der Waals surface area contributed by atoms with Crippen molar-refractivity contribution in [3.63, 3.8) is 0 Å². The third-order valence-corrected chi connectivity index (χ3v) is 6.01. The Morgan fingerprint density at radius 2 is 1.45 bits per heavy atom. The number of aromatic nitrogens is 2. The van der Waals surface area contributed by atoms with Crippen molar-refractivity contribution in [3.8, 4) is 0 Å². The molecule has 0 atom stereocenters. The van der Waals surface area contributed by atoms with Crippen molar-refractivity contribution >= 4 is 22.7 Å². The second-order valence-electron chi connectivity index (χ2n) is 7.95. The Labute approximate surface area is 180 Å². The number of ketones is 1. The second kappa shape index (κ2) is 8.19. The van der Waals surface area contributed by atoms with Gasteiger partial charge in [0, 0.05) is 30.1 Å². The Morgan fingerprint density at radius 1 is 0.806 bits per heavy atom. The van der Waals surface area contributed by atoms with E-state index in [9.17, 15) is 9.59 Å². The molecular formula is C26H23N3O2. The van der Waals surface area contributed by atoms with Crippen LogP contribution in [0.5, 0.6) is 0 Å². The fourth-order valence-corrected chi connectivity index (χ4v) is 4.30. The van der Waals surface area contributed by atoms with Crippen LogP contribution in [0.1, 0.15) is 50.9 Å². The summed E-state index contributed by atoms with van der Waals surface area (Å²) in [5, 5.41) is 0. The second-order valence-corrected chi connectivity index (χ2v) is 7.95. The number of para-hydroxylation sites is 2. The van der Waals surface area contributed by atoms with E-state index in [-0.39, 0.29) is 11.7 Å². The van der Waals surface area contributed by atoms with Gasteiger partial charge in [0.1, 0.15) is 5.82 Å². The van der Waals surface area contributed by atoms with E-state index in [4.69, 9.17) is 4.98 Å². The molecule has 0 bridgehead atoms. The molecule has 1 aliphatic rings. The number of aromatic amines is 1. The number of imidazole rings is 1. The quantitative estimate of drug-likeness (QED) is 0.492. The fourth-order valence-electron chi connectivity index (χ4n) is 4.30. The molecule has 5 nitrogen and oxygen atoms in total. The molecule has 0 aliphatic carbocycles. The van der Waals surface area contributed by atoms with Crippen molar-refractivity contribution in [3.05, 3.63) is 101 Å². The van der Waals surface area contributed by atoms with Crippen LogP contribution in [-0.2, 0) is 0 Å². The van der Waals surface area contributed by atoms with Gasteiger partial charge < -0.3 is 9.88 Å². The van der Waals surface area contributed by atoms with Crippen LogP contribution >= 0.6 is 0 Å². The van der Waals surface area contributed by atoms with Crippen LogP contribution in [0.3, 0.4) is 0 Å². The molecule has 154 valence electrons. The summed E-state index contributed by atoms with van der Waals surface area (Å²) < 4.78 is 0. The van der Waals surface area contributed by atoms with Crippen molar-refractivity contribution in [2.24, 2.45) is 0 Å². The summed E-state index contributed by atoms with van der Waals surface area (Å²) in [5.74, 6) is 1.09. The lowest BCUT2D eigenvalue weighted by Gasteiger charge is -2.31. The average molecular weight is 409 g/mol. The van der Waals surface area contributed by atoms with E-state index in [0.717, 1.165) is 29.7 Å². The highest BCUT2D eigenvalue weighted by molar-refractivity contribution is 6.15. The summed E-state index contributed by atoms with van der Waals surface area (Å²) in [5.41, 5.74) is 3.54. The number of H-pyrrole nitrogens is 1. The highest BCUT2D eigenvalue weighted by Crippen LogP contribution is 2.29. The molecule has 0 spiro atoms. The molecule has 1 aliphatic heterocycles. The third kappa shape index (κ3) is 3.75. The zero-order valence-electron chi connectivity index (χ0n) is 17.1. The first-order valence-corrected chi connectivity index (χ1v) is 10.6. The van der Waals surface area contributed by atoms with Gasteiger partial charge in [-0.15, -0.1) is 0 Å². The van der Waals surface area contributed by atoms with E-state index in [2.05, 4.69) is 4.98 Å². The molecular weight excluding hydrogens is 386 g/mol. The summed E-state index contributed by atoms with van der Waals surface area (Å²) in [6.07, 6.45) is 1.70. The minimum absolute atomic E-state index is 0.0806. The van der Waals surface area contributed by atoms with Gasteiger partial charge in [0.15, 0.2) is 5.78 Å². The number of benzene rings is 3. The van der Waals surface area contributed by atoms with Crippen LogP contribution < -0.4 is 0 Å². The molecule has 1 N–H and O–H groups in total. The first kappa shape index (κ1) is 19.2. The zero-order valence-corrected chi connectivity index (χ0v) is 17.1. The zero-order chi connectivity index (χ0) is 21.2. The van der Waals surface area contributed by atoms with E-state index in [1.807, 2.05) is 53.4 Å². The molecule has 0 saturated carbocycles. The Morgan fingerprint density at radius 3 is 2.19 bits per heavy atom. The van der Waals surface area contributed by atoms with Gasteiger partial charge in [-0.05, 0) is 31.0 Å². The molecule has 3 aromatic carbocycles. The molecule has 4 aromatic rings. The van der Waals surface area contributed by atoms with E-state index in [0.29, 0.717) is 35.7 Å². The summed E-state index contributed by atoms with van der Waals surface area (Å²) in [6.45, 7) is 1.29. The van der Waals surface area contributed by atoms with Crippen LogP contribution in [0.15, 0.2) is 78.9 Å². The summed E-state index contributed by atoms with van der Waals surface area (Å²) >= 11 is 0. The lowest BCUT2D eigenvalue weighted by Crippen LogP contribution is -2.38. The first-order valence-electron chi connectivity index (χ1n) is 10.6. The smallest absolute Gasteiger partial charge is 0.254 e. The van der Waals surface area contributed by atoms with Crippen LogP contribution in [0, 0.1) is 0 Å². The SMILES string of the molecule is O=C(c1ccccc1)c1ccccc1C(=O)N1CCC(c2nc3ccccc3[nH]2)CC1. The predicted octanol–water partition coefficient (Wildman–Crippen LogP) is 4.81. The average Bonchev–Trinajstić information content (AvgIpc) is 3.28. The number of fused-ring (bicyclic) bond motifs is 1. The number of carbonyl (C=O) groups excluding carboxylic acids is 2. The van der Waals surface area contributed by atoms with Crippen molar-refractivity contribution in [2.75, 3.05) is 13.1 Å². The van der Waals surface area contributed by atoms with Crippen molar-refractivity contribution in [1.82, 2.24) is 14.9 Å². The van der Waals surface area contributed by atoms with Crippen molar-refractivity contribution in [1.29, 1.82) is 0 Å². The topological polar surface area (TPSA) is 66.1 Å². The van der Waals surface area contributed by atoms with Crippen LogP contribution in [0.25, 0.3) is 11.0 Å². The fraction of sp³-hybridized carbons (Fsp3) is 0.192. The van der Waals surface area contributed by atoms with Gasteiger partial charge in [-0.1, -0.05) is 60.7 Å². The number of nitrogens with one attached hydrogen (secondary N) is 1. The number of amides is 1. The number of rotatable bonds is 4. The molecule has 1 aromatic heterocycles. The van der Waals surface area contributed by atoms with E-state index in [1.54, 1.807) is 30.3 Å². The highest BCUT2D eigenvalue weighted by Gasteiger charge is 2.28. The summed E-state index contributed by atoms with van der Waals surface area (Å²) in [7, 11) is 0. The van der Waals surface area contributed by atoms with E-state index < -0.39 is 0 Å². The van der Waals surface area contributed by atoms with Gasteiger partial charge in [-0.2, -0.15) is 0 Å². The van der Waals surface area contributed by atoms with Gasteiger partial charge in [-0.25, -0.2) is 4.98 Å². The van der Waals surface area contributed by atoms with Gasteiger partial charge >= 0.3 is 0 Å². The molecule has 31 heavy (non-hydrogen) atoms. The molecule has 0 unspecified atom stereocenters. The normalized spacial score (nSPS) is 14.6. The van der Waals surface area contributed by atoms with E-state index in [1.165, 1.54) is 0 Å². The van der Waals surface area contributed by atoms with Crippen LogP contribution in [-0.4, -0.2) is 39.6 Å². The van der Waals surface area contributed by atoms with Crippen LogP contribution in [0.2, 0.25) is 0 Å². The highest BCUT2D eigenvalue weighted by atomic mass is 16.2. The minimum Gasteiger partial charge on any atom is -0.342 e. The Balaban J connectivity index is 1.32. The van der Waals surface area contributed by atoms with Crippen molar-refractivity contribution < 1.29 is 9.59 Å². The third-order valence-electron chi connectivity index (χ3n) is 6.01. The number of hydrogen-bond donors (Lipinski definition) is 1. The van der Waals surface area contributed by atoms with Gasteiger partial charge in [0.2, 0.25) is 0 Å². The first-order chi connectivity index (χ1) is 15.2. The lowest BCUT2D eigenvalue weighted by molar-refractivity contribution is 0.0707. The monoisotopic (exact) mass is 409 g/mol. The minimum atomic E-state index is -0.123. The Kier molecular flexibility index (Phi) is 5.08. The molecule has 1 saturated heterocycles. The number of likely N-dealkylation sites (tertiary alicyclic amines) is 1. The number of piperidine rings is 1. The van der Waals surface area contributed by atoms with Crippen LogP contribution in [0.4, 0.5) is 0 Å². The number of nitrogens with zero attached hydrogens (tertiary/aromatic N) is 2. The van der Waals surface area contributed by atoms with Gasteiger partial charge in [0.25, 0.3) is 5.91 Å². The summed E-state index contributed by atoms with van der Waals surface area (Å²) in [4.78, 5) is 36.3. The predicted molar refractivity (Wildman–Crippen MR) is 120 cm³/mol. The molecule has 0 radical (unpaired) electrons. The Hall–Kier alpha value is -3.73. The van der Waals surface area contributed by atoms with Gasteiger partial charge in [-0.3, -0.25) is 9.59 Å². The Bertz CT molecular complexity index is 1200. The standard InChI is InChI=1S/C26H23N3O2/c30-24(18-8-2-1-3-9-18)20-10-4-5-11-21(20)26(31)29-16-14-19(15-17-29)25-27-22-12-6-7-13-23(22)28-25/h1-13,19H,14-17H2,(H,27,28). The molecule has 2 heterocycles. The maximum atomic E-state index is 13.3. The number of hydrogen-bond acceptors (Lipinski definition) is 3. The maximum Gasteiger partial charge on any atom is 0.254 e. The van der Waals surface area contributed by atoms with Crippen molar-refractivity contribution in [2.45, 2.75) is 18.8 Å². The summed E-state index contributed by atoms with van der Waals surface area (Å²) in [6, 6.07) is 24.2. The largest absolute Gasteiger partial charge is 0.342 e. The van der Waals surface area contributed by atoms with E-state index >= 15 is 0 Å². The lowest BCUT2D eigenvalue weighted by atomic mass is 9.94. The number of carbonyl (C=O) groups is 2. The molecule has 5 heteroatoms. The molecule has 1 amide bonds. The van der Waals surface area contributed by atoms with Gasteiger partial charge in [0.05, 0.1) is 16.6 Å². The molecule has 5 rings (SSSR count). The maximum absolute atomic E-state index is 13.3.